The van der Waals surface area contributed by atoms with Crippen molar-refractivity contribution in [2.45, 2.75) is 6.92 Å². The number of rotatable bonds is 3. The summed E-state index contributed by atoms with van der Waals surface area (Å²) in [6, 6.07) is 7.65. The molecule has 1 radical (unpaired) electrons. The molecule has 0 aromatic heterocycles. The van der Waals surface area contributed by atoms with Gasteiger partial charge in [-0.15, -0.1) is 0 Å². The zero-order valence-electron chi connectivity index (χ0n) is 6.58. The van der Waals surface area contributed by atoms with Crippen LogP contribution in [0.3, 0.4) is 0 Å². The van der Waals surface area contributed by atoms with Crippen LogP contribution >= 0.6 is 0 Å². The van der Waals surface area contributed by atoms with Gasteiger partial charge in [0.2, 0.25) is 0 Å². The molecule has 1 aromatic carbocycles. The van der Waals surface area contributed by atoms with E-state index in [-0.39, 0.29) is 0 Å². The summed E-state index contributed by atoms with van der Waals surface area (Å²) >= 11 is 0. The molecule has 1 aromatic rings. The number of hydrogen-bond donors (Lipinski definition) is 1. The Bertz CT molecular complexity index is 205. The molecule has 0 heterocycles. The van der Waals surface area contributed by atoms with Crippen molar-refractivity contribution in [3.8, 4) is 5.75 Å². The Morgan fingerprint density at radius 1 is 1.36 bits per heavy atom. The van der Waals surface area contributed by atoms with Crippen molar-refractivity contribution in [1.29, 1.82) is 0 Å². The first-order valence-corrected chi connectivity index (χ1v) is 3.64. The minimum absolute atomic E-state index is 0.700. The summed E-state index contributed by atoms with van der Waals surface area (Å²) in [7, 11) is 0. The van der Waals surface area contributed by atoms with Gasteiger partial charge in [0.1, 0.15) is 5.75 Å². The second kappa shape index (κ2) is 3.98. The predicted octanol–water partition coefficient (Wildman–Crippen LogP) is 1.55. The average molecular weight is 150 g/mol. The Morgan fingerprint density at radius 3 is 2.45 bits per heavy atom. The lowest BCUT2D eigenvalue weighted by atomic mass is 10.2. The van der Waals surface area contributed by atoms with Gasteiger partial charge in [-0.2, -0.15) is 0 Å². The highest BCUT2D eigenvalue weighted by molar-refractivity contribution is 5.30. The second-order valence-electron chi connectivity index (χ2n) is 2.17. The number of hydrogen-bond acceptors (Lipinski definition) is 2. The average Bonchev–Trinajstić information content (AvgIpc) is 2.07. The highest BCUT2D eigenvalue weighted by atomic mass is 16.5. The van der Waals surface area contributed by atoms with E-state index < -0.39 is 0 Å². The van der Waals surface area contributed by atoms with Crippen LogP contribution in [0.1, 0.15) is 12.5 Å². The lowest BCUT2D eigenvalue weighted by Crippen LogP contribution is -1.94. The van der Waals surface area contributed by atoms with Crippen LogP contribution in [0.25, 0.3) is 0 Å². The van der Waals surface area contributed by atoms with E-state index in [2.05, 4.69) is 0 Å². The molecular weight excluding hydrogens is 138 g/mol. The van der Waals surface area contributed by atoms with Crippen LogP contribution < -0.4 is 10.5 Å². The van der Waals surface area contributed by atoms with Gasteiger partial charge in [-0.1, -0.05) is 12.1 Å². The van der Waals surface area contributed by atoms with Crippen LogP contribution in [0.5, 0.6) is 5.75 Å². The smallest absolute Gasteiger partial charge is 0.119 e. The van der Waals surface area contributed by atoms with Gasteiger partial charge in [-0.05, 0) is 24.6 Å². The largest absolute Gasteiger partial charge is 0.494 e. The Morgan fingerprint density at radius 2 is 2.00 bits per heavy atom. The molecule has 2 nitrogen and oxygen atoms in total. The van der Waals surface area contributed by atoms with Gasteiger partial charge in [-0.3, -0.25) is 0 Å². The lowest BCUT2D eigenvalue weighted by Gasteiger charge is -2.02. The van der Waals surface area contributed by atoms with E-state index in [9.17, 15) is 0 Å². The molecule has 0 spiro atoms. The third-order valence-corrected chi connectivity index (χ3v) is 1.38. The maximum atomic E-state index is 5.31. The van der Waals surface area contributed by atoms with Crippen molar-refractivity contribution < 1.29 is 4.74 Å². The van der Waals surface area contributed by atoms with Crippen molar-refractivity contribution in [1.82, 2.24) is 0 Å². The molecule has 59 valence electrons. The van der Waals surface area contributed by atoms with Crippen LogP contribution in [0.4, 0.5) is 0 Å². The van der Waals surface area contributed by atoms with Gasteiger partial charge in [-0.25, -0.2) is 0 Å². The quantitative estimate of drug-likeness (QED) is 0.709. The fraction of sp³-hybridized carbons (Fsp3) is 0.222. The normalized spacial score (nSPS) is 9.64. The van der Waals surface area contributed by atoms with Crippen LogP contribution in [0.2, 0.25) is 0 Å². The monoisotopic (exact) mass is 150 g/mol. The molecule has 0 bridgehead atoms. The third kappa shape index (κ3) is 2.24. The zero-order valence-corrected chi connectivity index (χ0v) is 6.58. The van der Waals surface area contributed by atoms with Gasteiger partial charge in [0.25, 0.3) is 0 Å². The van der Waals surface area contributed by atoms with Crippen molar-refractivity contribution in [2.75, 3.05) is 6.61 Å². The van der Waals surface area contributed by atoms with Gasteiger partial charge in [0, 0.05) is 6.54 Å². The van der Waals surface area contributed by atoms with Crippen molar-refractivity contribution >= 4 is 0 Å². The van der Waals surface area contributed by atoms with E-state index in [0.29, 0.717) is 6.61 Å². The van der Waals surface area contributed by atoms with E-state index in [1.165, 1.54) is 0 Å². The van der Waals surface area contributed by atoms with Crippen molar-refractivity contribution in [3.63, 3.8) is 0 Å². The van der Waals surface area contributed by atoms with Gasteiger partial charge in [0.15, 0.2) is 0 Å². The Kier molecular flexibility index (Phi) is 2.93. The second-order valence-corrected chi connectivity index (χ2v) is 2.17. The van der Waals surface area contributed by atoms with E-state index in [1.54, 1.807) is 6.54 Å². The van der Waals surface area contributed by atoms with Crippen LogP contribution in [-0.2, 0) is 0 Å². The minimum atomic E-state index is 0.700. The summed E-state index contributed by atoms with van der Waals surface area (Å²) in [5.41, 5.74) is 6.32. The molecule has 0 aliphatic carbocycles. The number of ether oxygens (including phenoxy) is 1. The zero-order chi connectivity index (χ0) is 8.10. The molecule has 0 aliphatic rings. The molecule has 11 heavy (non-hydrogen) atoms. The van der Waals surface area contributed by atoms with Crippen molar-refractivity contribution in [2.24, 2.45) is 5.73 Å². The first-order chi connectivity index (χ1) is 5.36. The van der Waals surface area contributed by atoms with Crippen LogP contribution in [-0.4, -0.2) is 6.61 Å². The highest BCUT2D eigenvalue weighted by Crippen LogP contribution is 2.11. The number of benzene rings is 1. The minimum Gasteiger partial charge on any atom is -0.494 e. The Hall–Kier alpha value is -1.02. The SMILES string of the molecule is CCOc1ccc([CH]N)cc1. The molecule has 0 aliphatic heterocycles. The molecule has 2 N–H and O–H groups in total. The van der Waals surface area contributed by atoms with Crippen LogP contribution in [0.15, 0.2) is 24.3 Å². The maximum absolute atomic E-state index is 5.31. The molecule has 0 saturated heterocycles. The summed E-state index contributed by atoms with van der Waals surface area (Å²) < 4.78 is 5.25. The predicted molar refractivity (Wildman–Crippen MR) is 45.2 cm³/mol. The molecule has 0 atom stereocenters. The molecule has 2 heteroatoms. The van der Waals surface area contributed by atoms with Gasteiger partial charge in [0.05, 0.1) is 6.61 Å². The summed E-state index contributed by atoms with van der Waals surface area (Å²) in [5.74, 6) is 0.887. The fourth-order valence-electron chi connectivity index (χ4n) is 0.842. The summed E-state index contributed by atoms with van der Waals surface area (Å²) in [5, 5.41) is 0. The highest BCUT2D eigenvalue weighted by Gasteiger charge is 1.91. The third-order valence-electron chi connectivity index (χ3n) is 1.38. The van der Waals surface area contributed by atoms with Crippen molar-refractivity contribution in [3.05, 3.63) is 36.4 Å². The summed E-state index contributed by atoms with van der Waals surface area (Å²) in [6.45, 7) is 4.23. The number of nitrogens with two attached hydrogens (primary N) is 1. The summed E-state index contributed by atoms with van der Waals surface area (Å²) in [4.78, 5) is 0. The van der Waals surface area contributed by atoms with E-state index in [4.69, 9.17) is 10.5 Å². The molecule has 0 unspecified atom stereocenters. The Labute approximate surface area is 67.0 Å². The molecule has 1 rings (SSSR count). The first kappa shape index (κ1) is 8.08. The van der Waals surface area contributed by atoms with E-state index >= 15 is 0 Å². The summed E-state index contributed by atoms with van der Waals surface area (Å²) in [6.07, 6.45) is 0. The van der Waals surface area contributed by atoms with Gasteiger partial charge >= 0.3 is 0 Å². The fourth-order valence-corrected chi connectivity index (χ4v) is 0.842. The standard InChI is InChI=1S/C9H12NO/c1-2-11-9-5-3-8(7-10)4-6-9/h3-7H,2,10H2,1H3. The van der Waals surface area contributed by atoms with E-state index in [1.807, 2.05) is 31.2 Å². The molecule has 0 fully saturated rings. The molecule has 0 saturated carbocycles. The first-order valence-electron chi connectivity index (χ1n) is 3.64. The Balaban J connectivity index is 2.66. The topological polar surface area (TPSA) is 35.2 Å². The maximum Gasteiger partial charge on any atom is 0.119 e. The van der Waals surface area contributed by atoms with Crippen LogP contribution in [0, 0.1) is 6.54 Å². The molecule has 0 amide bonds. The van der Waals surface area contributed by atoms with Gasteiger partial charge < -0.3 is 10.5 Å². The van der Waals surface area contributed by atoms with E-state index in [0.717, 1.165) is 11.3 Å². The lowest BCUT2D eigenvalue weighted by molar-refractivity contribution is 0.340. The molecular formula is C9H12NO.